The molecule has 0 bridgehead atoms. The van der Waals surface area contributed by atoms with Gasteiger partial charge in [-0.2, -0.15) is 0 Å². The van der Waals surface area contributed by atoms with E-state index < -0.39 is 16.9 Å². The van der Waals surface area contributed by atoms with Crippen LogP contribution in [0.2, 0.25) is 19.6 Å². The second-order valence-corrected chi connectivity index (χ2v) is 13.8. The third-order valence-corrected chi connectivity index (χ3v) is 9.41. The molecule has 0 atom stereocenters. The summed E-state index contributed by atoms with van der Waals surface area (Å²) in [4.78, 5) is 11.8. The minimum Gasteiger partial charge on any atom is -0.488 e. The number of hydrogen-bond acceptors (Lipinski definition) is 3. The summed E-state index contributed by atoms with van der Waals surface area (Å²) in [6.07, 6.45) is 0. The Kier molecular flexibility index (Phi) is 5.00. The van der Waals surface area contributed by atoms with Gasteiger partial charge >= 0.3 is 8.56 Å². The normalized spacial score (nSPS) is 12.0. The van der Waals surface area contributed by atoms with Gasteiger partial charge < -0.3 is 8.54 Å². The van der Waals surface area contributed by atoms with E-state index in [1.54, 1.807) is 0 Å². The molecular weight excluding hydrogens is 308 g/mol. The molecule has 2 rings (SSSR count). The molecule has 0 radical (unpaired) electrons. The van der Waals surface area contributed by atoms with Crippen LogP contribution in [0.1, 0.15) is 6.92 Å². The third-order valence-electron chi connectivity index (χ3n) is 3.05. The van der Waals surface area contributed by atoms with Gasteiger partial charge in [-0.15, -0.1) is 0 Å². The van der Waals surface area contributed by atoms with E-state index in [0.29, 0.717) is 0 Å². The maximum Gasteiger partial charge on any atom is 0.460 e. The molecule has 0 N–H and O–H groups in total. The number of benzene rings is 2. The minimum atomic E-state index is -3.03. The quantitative estimate of drug-likeness (QED) is 0.791. The zero-order valence-electron chi connectivity index (χ0n) is 13.5. The van der Waals surface area contributed by atoms with Crippen LogP contribution < -0.4 is 10.4 Å². The largest absolute Gasteiger partial charge is 0.488 e. The molecule has 0 saturated heterocycles. The van der Waals surface area contributed by atoms with Crippen molar-refractivity contribution in [3.05, 3.63) is 60.7 Å². The van der Waals surface area contributed by atoms with Crippen molar-refractivity contribution in [1.29, 1.82) is 0 Å². The number of hydrogen-bond donors (Lipinski definition) is 0. The average molecular weight is 331 g/mol. The summed E-state index contributed by atoms with van der Waals surface area (Å²) < 4.78 is 12.4. The number of carbonyl (C=O) groups excluding carboxylic acids is 1. The van der Waals surface area contributed by atoms with Crippen LogP contribution in [-0.4, -0.2) is 22.8 Å². The SMILES string of the molecule is CC(=O)O[Si](O[Si](C)(C)C)(c1ccccc1)c1ccccc1. The van der Waals surface area contributed by atoms with Crippen molar-refractivity contribution >= 4 is 33.2 Å². The lowest BCUT2D eigenvalue weighted by Gasteiger charge is -2.36. The van der Waals surface area contributed by atoms with Crippen molar-refractivity contribution in [3.63, 3.8) is 0 Å². The van der Waals surface area contributed by atoms with Gasteiger partial charge in [-0.1, -0.05) is 60.7 Å². The highest BCUT2D eigenvalue weighted by atomic mass is 28.4. The molecule has 2 aromatic rings. The molecule has 0 aromatic heterocycles. The molecule has 22 heavy (non-hydrogen) atoms. The predicted molar refractivity (Wildman–Crippen MR) is 94.1 cm³/mol. The summed E-state index contributed by atoms with van der Waals surface area (Å²) in [5, 5.41) is 1.91. The van der Waals surface area contributed by atoms with E-state index in [0.717, 1.165) is 10.4 Å². The van der Waals surface area contributed by atoms with E-state index in [1.165, 1.54) is 6.92 Å². The molecule has 0 heterocycles. The van der Waals surface area contributed by atoms with Gasteiger partial charge in [-0.3, -0.25) is 4.79 Å². The van der Waals surface area contributed by atoms with Gasteiger partial charge in [-0.25, -0.2) is 0 Å². The van der Waals surface area contributed by atoms with E-state index in [2.05, 4.69) is 19.6 Å². The Morgan fingerprint density at radius 1 is 0.818 bits per heavy atom. The van der Waals surface area contributed by atoms with E-state index in [4.69, 9.17) is 8.54 Å². The zero-order chi connectivity index (χ0) is 16.2. The van der Waals surface area contributed by atoms with E-state index in [-0.39, 0.29) is 5.97 Å². The van der Waals surface area contributed by atoms with Crippen molar-refractivity contribution in [2.75, 3.05) is 0 Å². The fraction of sp³-hybridized carbons (Fsp3) is 0.235. The molecule has 0 saturated carbocycles. The Balaban J connectivity index is 2.66. The standard InChI is InChI=1S/C17H22O3Si2/c1-15(18)19-22(20-21(2,3)4,16-11-7-5-8-12-16)17-13-9-6-10-14-17/h5-14H,1-4H3. The second-order valence-electron chi connectivity index (χ2n) is 6.16. The molecule has 116 valence electrons. The van der Waals surface area contributed by atoms with Crippen LogP contribution in [0.15, 0.2) is 60.7 Å². The topological polar surface area (TPSA) is 35.5 Å². The van der Waals surface area contributed by atoms with Crippen LogP contribution in [-0.2, 0) is 13.3 Å². The molecule has 0 aliphatic carbocycles. The number of carbonyl (C=O) groups is 1. The highest BCUT2D eigenvalue weighted by Gasteiger charge is 2.48. The third kappa shape index (κ3) is 3.94. The molecule has 3 nitrogen and oxygen atoms in total. The Morgan fingerprint density at radius 2 is 1.23 bits per heavy atom. The Morgan fingerprint density at radius 3 is 1.55 bits per heavy atom. The Labute approximate surface area is 134 Å². The van der Waals surface area contributed by atoms with Crippen molar-refractivity contribution in [2.24, 2.45) is 0 Å². The molecule has 5 heteroatoms. The fourth-order valence-electron chi connectivity index (χ4n) is 2.37. The van der Waals surface area contributed by atoms with Gasteiger partial charge in [0.05, 0.1) is 0 Å². The van der Waals surface area contributed by atoms with Crippen molar-refractivity contribution in [3.8, 4) is 0 Å². The molecule has 0 amide bonds. The van der Waals surface area contributed by atoms with E-state index >= 15 is 0 Å². The smallest absolute Gasteiger partial charge is 0.460 e. The summed E-state index contributed by atoms with van der Waals surface area (Å²) in [7, 11) is -4.97. The Hall–Kier alpha value is -1.70. The van der Waals surface area contributed by atoms with E-state index in [9.17, 15) is 4.79 Å². The maximum atomic E-state index is 11.8. The lowest BCUT2D eigenvalue weighted by molar-refractivity contribution is -0.133. The maximum absolute atomic E-state index is 11.8. The summed E-state index contributed by atoms with van der Waals surface area (Å²) in [6.45, 7) is 7.79. The summed E-state index contributed by atoms with van der Waals surface area (Å²) in [5.41, 5.74) is 0. The molecule has 0 unspecified atom stereocenters. The first-order valence-electron chi connectivity index (χ1n) is 7.34. The van der Waals surface area contributed by atoms with Gasteiger partial charge in [0, 0.05) is 17.3 Å². The summed E-state index contributed by atoms with van der Waals surface area (Å²) in [5.74, 6) is -0.308. The van der Waals surface area contributed by atoms with Crippen LogP contribution in [0.5, 0.6) is 0 Å². The van der Waals surface area contributed by atoms with Crippen molar-refractivity contribution in [2.45, 2.75) is 26.6 Å². The first-order chi connectivity index (χ1) is 10.3. The number of rotatable bonds is 5. The van der Waals surface area contributed by atoms with Crippen molar-refractivity contribution < 1.29 is 13.3 Å². The van der Waals surface area contributed by atoms with E-state index in [1.807, 2.05) is 60.7 Å². The van der Waals surface area contributed by atoms with Gasteiger partial charge in [0.1, 0.15) is 0 Å². The lowest BCUT2D eigenvalue weighted by atomic mass is 10.4. The van der Waals surface area contributed by atoms with Crippen LogP contribution in [0.25, 0.3) is 0 Å². The molecule has 2 aromatic carbocycles. The second kappa shape index (κ2) is 6.60. The van der Waals surface area contributed by atoms with Gasteiger partial charge in [-0.05, 0) is 19.6 Å². The molecular formula is C17H22O3Si2. The van der Waals surface area contributed by atoms with Crippen molar-refractivity contribution in [1.82, 2.24) is 0 Å². The lowest BCUT2D eigenvalue weighted by Crippen LogP contribution is -2.67. The average Bonchev–Trinajstić information content (AvgIpc) is 2.46. The van der Waals surface area contributed by atoms with Crippen LogP contribution in [0.4, 0.5) is 0 Å². The summed E-state index contributed by atoms with van der Waals surface area (Å²) in [6, 6.07) is 19.7. The molecule has 0 aliphatic heterocycles. The monoisotopic (exact) mass is 330 g/mol. The fourth-order valence-corrected chi connectivity index (χ4v) is 9.17. The van der Waals surface area contributed by atoms with Crippen LogP contribution in [0.3, 0.4) is 0 Å². The Bertz CT molecular complexity index is 582. The highest BCUT2D eigenvalue weighted by molar-refractivity contribution is 6.98. The molecule has 0 fully saturated rings. The molecule has 0 aliphatic rings. The first-order valence-corrected chi connectivity index (χ1v) is 12.6. The minimum absolute atomic E-state index is 0.308. The zero-order valence-corrected chi connectivity index (χ0v) is 15.5. The van der Waals surface area contributed by atoms with Gasteiger partial charge in [0.25, 0.3) is 5.97 Å². The first kappa shape index (κ1) is 16.7. The van der Waals surface area contributed by atoms with Crippen LogP contribution in [0, 0.1) is 0 Å². The van der Waals surface area contributed by atoms with Gasteiger partial charge in [0.15, 0.2) is 8.32 Å². The molecule has 0 spiro atoms. The highest BCUT2D eigenvalue weighted by Crippen LogP contribution is 2.17. The van der Waals surface area contributed by atoms with Gasteiger partial charge in [0.2, 0.25) is 0 Å². The predicted octanol–water partition coefficient (Wildman–Crippen LogP) is 2.66. The van der Waals surface area contributed by atoms with Crippen LogP contribution >= 0.6 is 0 Å². The summed E-state index contributed by atoms with van der Waals surface area (Å²) >= 11 is 0.